The molecule has 0 fully saturated rings. The lowest BCUT2D eigenvalue weighted by Gasteiger charge is -2.11. The summed E-state index contributed by atoms with van der Waals surface area (Å²) in [5.74, 6) is 1.46. The van der Waals surface area contributed by atoms with E-state index in [1.807, 2.05) is 41.8 Å². The number of ether oxygens (including phenoxy) is 2. The highest BCUT2D eigenvalue weighted by Gasteiger charge is 2.14. The second-order valence-electron chi connectivity index (χ2n) is 5.62. The SMILES string of the molecule is COCCNC(=O)c1ccc2c(c1)nc(C)n2-c1ccccc1OC. The van der Waals surface area contributed by atoms with Crippen molar-refractivity contribution in [1.29, 1.82) is 0 Å². The van der Waals surface area contributed by atoms with Crippen LogP contribution in [-0.2, 0) is 4.74 Å². The molecule has 6 heteroatoms. The maximum absolute atomic E-state index is 12.2. The predicted molar refractivity (Wildman–Crippen MR) is 96.6 cm³/mol. The van der Waals surface area contributed by atoms with Crippen LogP contribution >= 0.6 is 0 Å². The third-order valence-electron chi connectivity index (χ3n) is 4.00. The standard InChI is InChI=1S/C19H21N3O3/c1-13-21-15-12-14(19(23)20-10-11-24-2)8-9-16(15)22(13)17-6-4-5-7-18(17)25-3/h4-9,12H,10-11H2,1-3H3,(H,20,23). The molecular formula is C19H21N3O3. The molecule has 2 aromatic carbocycles. The number of aromatic nitrogens is 2. The summed E-state index contributed by atoms with van der Waals surface area (Å²) in [6.45, 7) is 2.89. The Morgan fingerprint density at radius 1 is 1.20 bits per heavy atom. The van der Waals surface area contributed by atoms with Crippen molar-refractivity contribution in [3.63, 3.8) is 0 Å². The van der Waals surface area contributed by atoms with Gasteiger partial charge in [0.05, 0.1) is 30.4 Å². The van der Waals surface area contributed by atoms with Gasteiger partial charge in [0.2, 0.25) is 0 Å². The van der Waals surface area contributed by atoms with E-state index < -0.39 is 0 Å². The number of hydrogen-bond acceptors (Lipinski definition) is 4. The van der Waals surface area contributed by atoms with Crippen molar-refractivity contribution in [2.45, 2.75) is 6.92 Å². The van der Waals surface area contributed by atoms with Crippen LogP contribution in [-0.4, -0.2) is 42.8 Å². The summed E-state index contributed by atoms with van der Waals surface area (Å²) >= 11 is 0. The number of methoxy groups -OCH3 is 2. The van der Waals surface area contributed by atoms with Crippen LogP contribution < -0.4 is 10.1 Å². The summed E-state index contributed by atoms with van der Waals surface area (Å²) in [6.07, 6.45) is 0. The molecule has 1 amide bonds. The van der Waals surface area contributed by atoms with Gasteiger partial charge in [-0.15, -0.1) is 0 Å². The highest BCUT2D eigenvalue weighted by Crippen LogP contribution is 2.28. The lowest BCUT2D eigenvalue weighted by atomic mass is 10.2. The molecule has 3 aromatic rings. The number of para-hydroxylation sites is 2. The molecule has 0 saturated carbocycles. The van der Waals surface area contributed by atoms with E-state index in [9.17, 15) is 4.79 Å². The van der Waals surface area contributed by atoms with Gasteiger partial charge in [-0.3, -0.25) is 9.36 Å². The van der Waals surface area contributed by atoms with E-state index in [4.69, 9.17) is 9.47 Å². The molecule has 1 N–H and O–H groups in total. The van der Waals surface area contributed by atoms with E-state index in [-0.39, 0.29) is 5.91 Å². The van der Waals surface area contributed by atoms with Gasteiger partial charge in [0.25, 0.3) is 5.91 Å². The van der Waals surface area contributed by atoms with Gasteiger partial charge in [-0.1, -0.05) is 12.1 Å². The molecule has 0 bridgehead atoms. The summed E-state index contributed by atoms with van der Waals surface area (Å²) in [5.41, 5.74) is 3.19. The number of nitrogens with one attached hydrogen (secondary N) is 1. The minimum absolute atomic E-state index is 0.136. The van der Waals surface area contributed by atoms with E-state index in [0.717, 1.165) is 28.3 Å². The average molecular weight is 339 g/mol. The third-order valence-corrected chi connectivity index (χ3v) is 4.00. The number of rotatable bonds is 6. The topological polar surface area (TPSA) is 65.4 Å². The molecule has 0 aliphatic heterocycles. The predicted octanol–water partition coefficient (Wildman–Crippen LogP) is 2.72. The van der Waals surface area contributed by atoms with Crippen LogP contribution in [0.15, 0.2) is 42.5 Å². The molecule has 0 aliphatic rings. The largest absolute Gasteiger partial charge is 0.495 e. The van der Waals surface area contributed by atoms with Crippen molar-refractivity contribution in [3.8, 4) is 11.4 Å². The molecule has 0 unspecified atom stereocenters. The van der Waals surface area contributed by atoms with Gasteiger partial charge in [0.1, 0.15) is 11.6 Å². The fourth-order valence-electron chi connectivity index (χ4n) is 2.83. The quantitative estimate of drug-likeness (QED) is 0.701. The summed E-state index contributed by atoms with van der Waals surface area (Å²) in [5, 5.41) is 2.82. The van der Waals surface area contributed by atoms with Crippen molar-refractivity contribution in [2.24, 2.45) is 0 Å². The van der Waals surface area contributed by atoms with Crippen LogP contribution in [0.2, 0.25) is 0 Å². The number of imidazole rings is 1. The first-order valence-electron chi connectivity index (χ1n) is 8.05. The van der Waals surface area contributed by atoms with Crippen LogP contribution in [0.3, 0.4) is 0 Å². The normalized spacial score (nSPS) is 10.8. The van der Waals surface area contributed by atoms with Gasteiger partial charge in [-0.05, 0) is 37.3 Å². The molecule has 0 saturated heterocycles. The molecule has 25 heavy (non-hydrogen) atoms. The zero-order valence-corrected chi connectivity index (χ0v) is 14.6. The van der Waals surface area contributed by atoms with Gasteiger partial charge < -0.3 is 14.8 Å². The molecule has 0 atom stereocenters. The van der Waals surface area contributed by atoms with Crippen LogP contribution in [0.5, 0.6) is 5.75 Å². The summed E-state index contributed by atoms with van der Waals surface area (Å²) in [4.78, 5) is 16.8. The number of carbonyl (C=O) groups is 1. The fourth-order valence-corrected chi connectivity index (χ4v) is 2.83. The zero-order chi connectivity index (χ0) is 17.8. The van der Waals surface area contributed by atoms with Crippen molar-refractivity contribution in [3.05, 3.63) is 53.9 Å². The first kappa shape index (κ1) is 17.0. The molecule has 1 heterocycles. The number of fused-ring (bicyclic) bond motifs is 1. The Balaban J connectivity index is 2.00. The Kier molecular flexibility index (Phi) is 5.00. The summed E-state index contributed by atoms with van der Waals surface area (Å²) in [6, 6.07) is 13.3. The highest BCUT2D eigenvalue weighted by atomic mass is 16.5. The number of benzene rings is 2. The minimum Gasteiger partial charge on any atom is -0.495 e. The first-order chi connectivity index (χ1) is 12.2. The minimum atomic E-state index is -0.136. The van der Waals surface area contributed by atoms with E-state index in [1.165, 1.54) is 0 Å². The van der Waals surface area contributed by atoms with E-state index >= 15 is 0 Å². The molecule has 130 valence electrons. The monoisotopic (exact) mass is 339 g/mol. The van der Waals surface area contributed by atoms with Gasteiger partial charge in [-0.25, -0.2) is 4.98 Å². The Morgan fingerprint density at radius 2 is 2.00 bits per heavy atom. The fraction of sp³-hybridized carbons (Fsp3) is 0.263. The van der Waals surface area contributed by atoms with E-state index in [1.54, 1.807) is 26.4 Å². The smallest absolute Gasteiger partial charge is 0.251 e. The summed E-state index contributed by atoms with van der Waals surface area (Å²) in [7, 11) is 3.25. The molecule has 6 nitrogen and oxygen atoms in total. The Morgan fingerprint density at radius 3 is 2.76 bits per heavy atom. The molecule has 0 spiro atoms. The number of amides is 1. The van der Waals surface area contributed by atoms with Crippen molar-refractivity contribution in [1.82, 2.24) is 14.9 Å². The Hall–Kier alpha value is -2.86. The van der Waals surface area contributed by atoms with Gasteiger partial charge in [0, 0.05) is 19.2 Å². The number of hydrogen-bond donors (Lipinski definition) is 1. The first-order valence-corrected chi connectivity index (χ1v) is 8.05. The Labute approximate surface area is 146 Å². The molecular weight excluding hydrogens is 318 g/mol. The summed E-state index contributed by atoms with van der Waals surface area (Å²) < 4.78 is 12.4. The number of carbonyl (C=O) groups excluding carboxylic acids is 1. The van der Waals surface area contributed by atoms with Crippen molar-refractivity contribution < 1.29 is 14.3 Å². The average Bonchev–Trinajstić information content (AvgIpc) is 2.96. The van der Waals surface area contributed by atoms with E-state index in [0.29, 0.717) is 18.7 Å². The molecule has 0 radical (unpaired) electrons. The maximum atomic E-state index is 12.2. The van der Waals surface area contributed by atoms with Gasteiger partial charge in [-0.2, -0.15) is 0 Å². The van der Waals surface area contributed by atoms with Crippen LogP contribution in [0.4, 0.5) is 0 Å². The van der Waals surface area contributed by atoms with Gasteiger partial charge in [0.15, 0.2) is 0 Å². The number of nitrogens with zero attached hydrogens (tertiary/aromatic N) is 2. The number of aryl methyl sites for hydroxylation is 1. The van der Waals surface area contributed by atoms with Crippen LogP contribution in [0.25, 0.3) is 16.7 Å². The lowest BCUT2D eigenvalue weighted by Crippen LogP contribution is -2.26. The second kappa shape index (κ2) is 7.36. The third kappa shape index (κ3) is 3.34. The van der Waals surface area contributed by atoms with Crippen molar-refractivity contribution >= 4 is 16.9 Å². The lowest BCUT2D eigenvalue weighted by molar-refractivity contribution is 0.0937. The maximum Gasteiger partial charge on any atom is 0.251 e. The van der Waals surface area contributed by atoms with Crippen LogP contribution in [0.1, 0.15) is 16.2 Å². The highest BCUT2D eigenvalue weighted by molar-refractivity contribution is 5.97. The molecule has 0 aliphatic carbocycles. The van der Waals surface area contributed by atoms with Gasteiger partial charge >= 0.3 is 0 Å². The molecule has 1 aromatic heterocycles. The second-order valence-corrected chi connectivity index (χ2v) is 5.62. The van der Waals surface area contributed by atoms with E-state index in [2.05, 4.69) is 10.3 Å². The molecule has 3 rings (SSSR count). The zero-order valence-electron chi connectivity index (χ0n) is 14.6. The Bertz CT molecular complexity index is 902. The van der Waals surface area contributed by atoms with Crippen LogP contribution in [0, 0.1) is 6.92 Å². The van der Waals surface area contributed by atoms with Crippen molar-refractivity contribution in [2.75, 3.05) is 27.4 Å².